The largest absolute Gasteiger partial charge is 0.342 e. The van der Waals surface area contributed by atoms with Gasteiger partial charge < -0.3 is 14.4 Å². The maximum Gasteiger partial charge on any atom is 0.246 e. The molecule has 0 aliphatic heterocycles. The van der Waals surface area contributed by atoms with E-state index in [1.165, 1.54) is 11.0 Å². The summed E-state index contributed by atoms with van der Waals surface area (Å²) >= 11 is 0. The van der Waals surface area contributed by atoms with Crippen LogP contribution in [0, 0.1) is 0 Å². The molecule has 1 aromatic heterocycles. The van der Waals surface area contributed by atoms with Crippen molar-refractivity contribution in [3.63, 3.8) is 0 Å². The van der Waals surface area contributed by atoms with Crippen LogP contribution in [0.2, 0.25) is 0 Å². The Hall–Kier alpha value is -2.11. The van der Waals surface area contributed by atoms with Gasteiger partial charge in [-0.05, 0) is 13.0 Å². The van der Waals surface area contributed by atoms with Crippen LogP contribution in [0.25, 0.3) is 0 Å². The van der Waals surface area contributed by atoms with Gasteiger partial charge in [0.2, 0.25) is 11.8 Å². The first-order valence-electron chi connectivity index (χ1n) is 6.19. The molecule has 0 unspecified atom stereocenters. The lowest BCUT2D eigenvalue weighted by Crippen LogP contribution is -2.41. The molecule has 0 atom stereocenters. The molecule has 1 aromatic rings. The number of hydrogen-bond acceptors (Lipinski definition) is 3. The van der Waals surface area contributed by atoms with Gasteiger partial charge in [-0.15, -0.1) is 0 Å². The van der Waals surface area contributed by atoms with Crippen LogP contribution in [0.4, 0.5) is 0 Å². The summed E-state index contributed by atoms with van der Waals surface area (Å²) in [5, 5.41) is 0. The van der Waals surface area contributed by atoms with Crippen molar-refractivity contribution in [1.29, 1.82) is 0 Å². The van der Waals surface area contributed by atoms with Crippen molar-refractivity contribution in [2.45, 2.75) is 13.5 Å². The topological polar surface area (TPSA) is 58.4 Å². The van der Waals surface area contributed by atoms with E-state index in [1.807, 2.05) is 17.7 Å². The number of carbonyl (C=O) groups is 2. The van der Waals surface area contributed by atoms with E-state index < -0.39 is 0 Å². The molecule has 0 N–H and O–H groups in total. The Balaban J connectivity index is 2.43. The van der Waals surface area contributed by atoms with E-state index >= 15 is 0 Å². The SMILES string of the molecule is C=CC(=O)N(CC)CC(=O)N(C)CCn1ccnc1. The Kier molecular flexibility index (Phi) is 5.78. The molecule has 1 heterocycles. The van der Waals surface area contributed by atoms with Gasteiger partial charge in [-0.25, -0.2) is 4.98 Å². The molecule has 0 aliphatic carbocycles. The van der Waals surface area contributed by atoms with E-state index in [0.29, 0.717) is 19.6 Å². The molecule has 104 valence electrons. The van der Waals surface area contributed by atoms with Crippen LogP contribution in [0.5, 0.6) is 0 Å². The number of likely N-dealkylation sites (N-methyl/N-ethyl adjacent to an activating group) is 2. The summed E-state index contributed by atoms with van der Waals surface area (Å²) in [6.07, 6.45) is 6.47. The smallest absolute Gasteiger partial charge is 0.246 e. The summed E-state index contributed by atoms with van der Waals surface area (Å²) < 4.78 is 1.90. The highest BCUT2D eigenvalue weighted by atomic mass is 16.2. The van der Waals surface area contributed by atoms with Gasteiger partial charge >= 0.3 is 0 Å². The first kappa shape index (κ1) is 14.9. The lowest BCUT2D eigenvalue weighted by Gasteiger charge is -2.23. The molecule has 0 saturated carbocycles. The molecule has 0 spiro atoms. The second-order valence-corrected chi connectivity index (χ2v) is 4.17. The fraction of sp³-hybridized carbons (Fsp3) is 0.462. The van der Waals surface area contributed by atoms with Gasteiger partial charge in [0.05, 0.1) is 12.9 Å². The lowest BCUT2D eigenvalue weighted by molar-refractivity contribution is -0.137. The minimum Gasteiger partial charge on any atom is -0.342 e. The normalized spacial score (nSPS) is 10.0. The summed E-state index contributed by atoms with van der Waals surface area (Å²) in [5.74, 6) is -0.309. The lowest BCUT2D eigenvalue weighted by atomic mass is 10.4. The minimum absolute atomic E-state index is 0.0851. The number of hydrogen-bond donors (Lipinski definition) is 0. The van der Waals surface area contributed by atoms with E-state index in [4.69, 9.17) is 0 Å². The zero-order valence-electron chi connectivity index (χ0n) is 11.5. The Morgan fingerprint density at radius 3 is 2.74 bits per heavy atom. The fourth-order valence-electron chi connectivity index (χ4n) is 1.57. The van der Waals surface area contributed by atoms with Crippen LogP contribution in [-0.4, -0.2) is 57.8 Å². The van der Waals surface area contributed by atoms with E-state index in [2.05, 4.69) is 11.6 Å². The average Bonchev–Trinajstić information content (AvgIpc) is 2.94. The third kappa shape index (κ3) is 4.57. The second kappa shape index (κ2) is 7.35. The third-order valence-corrected chi connectivity index (χ3v) is 2.87. The van der Waals surface area contributed by atoms with E-state index in [1.54, 1.807) is 24.5 Å². The molecule has 0 saturated heterocycles. The molecule has 0 aromatic carbocycles. The Morgan fingerprint density at radius 2 is 2.21 bits per heavy atom. The molecule has 2 amide bonds. The Morgan fingerprint density at radius 1 is 1.47 bits per heavy atom. The third-order valence-electron chi connectivity index (χ3n) is 2.87. The number of rotatable bonds is 7. The molecule has 0 fully saturated rings. The van der Waals surface area contributed by atoms with E-state index in [-0.39, 0.29) is 18.4 Å². The first-order chi connectivity index (χ1) is 9.08. The van der Waals surface area contributed by atoms with Crippen LogP contribution in [0.1, 0.15) is 6.92 Å². The zero-order valence-corrected chi connectivity index (χ0v) is 11.5. The van der Waals surface area contributed by atoms with Gasteiger partial charge in [0, 0.05) is 39.1 Å². The second-order valence-electron chi connectivity index (χ2n) is 4.17. The van der Waals surface area contributed by atoms with Crippen molar-refractivity contribution in [3.8, 4) is 0 Å². The van der Waals surface area contributed by atoms with Crippen LogP contribution in [0.15, 0.2) is 31.4 Å². The van der Waals surface area contributed by atoms with E-state index in [9.17, 15) is 9.59 Å². The summed E-state index contributed by atoms with van der Waals surface area (Å²) in [6.45, 7) is 7.10. The molecule has 6 heteroatoms. The van der Waals surface area contributed by atoms with Gasteiger partial charge in [-0.2, -0.15) is 0 Å². The highest BCUT2D eigenvalue weighted by Crippen LogP contribution is 1.96. The summed E-state index contributed by atoms with van der Waals surface area (Å²) in [6, 6.07) is 0. The van der Waals surface area contributed by atoms with E-state index in [0.717, 1.165) is 0 Å². The Bertz CT molecular complexity index is 428. The monoisotopic (exact) mass is 264 g/mol. The number of aromatic nitrogens is 2. The molecule has 0 aliphatic rings. The van der Waals surface area contributed by atoms with Gasteiger partial charge in [0.25, 0.3) is 0 Å². The summed E-state index contributed by atoms with van der Waals surface area (Å²) in [4.78, 5) is 30.4. The maximum atomic E-state index is 12.0. The molecular weight excluding hydrogens is 244 g/mol. The highest BCUT2D eigenvalue weighted by Gasteiger charge is 2.15. The first-order valence-corrected chi connectivity index (χ1v) is 6.19. The standard InChI is InChI=1S/C13H20N4O2/c1-4-12(18)17(5-2)10-13(19)15(3)8-9-16-7-6-14-11-16/h4,6-7,11H,1,5,8-10H2,2-3H3. The Labute approximate surface area is 113 Å². The predicted octanol–water partition coefficient (Wildman–Crippen LogP) is 0.376. The number of nitrogens with zero attached hydrogens (tertiary/aromatic N) is 4. The quantitative estimate of drug-likeness (QED) is 0.669. The van der Waals surface area contributed by atoms with Gasteiger partial charge in [0.15, 0.2) is 0 Å². The number of carbonyl (C=O) groups excluding carboxylic acids is 2. The van der Waals surface area contributed by atoms with Gasteiger partial charge in [-0.1, -0.05) is 6.58 Å². The highest BCUT2D eigenvalue weighted by molar-refractivity contribution is 5.90. The van der Waals surface area contributed by atoms with Crippen molar-refractivity contribution < 1.29 is 9.59 Å². The van der Waals surface area contributed by atoms with Crippen molar-refractivity contribution in [3.05, 3.63) is 31.4 Å². The van der Waals surface area contributed by atoms with Gasteiger partial charge in [-0.3, -0.25) is 9.59 Å². The van der Waals surface area contributed by atoms with Crippen molar-refractivity contribution in [1.82, 2.24) is 19.4 Å². The molecule has 0 radical (unpaired) electrons. The number of imidazole rings is 1. The molecular formula is C13H20N4O2. The molecule has 0 bridgehead atoms. The van der Waals surface area contributed by atoms with Crippen LogP contribution < -0.4 is 0 Å². The summed E-state index contributed by atoms with van der Waals surface area (Å²) in [5.41, 5.74) is 0. The molecule has 19 heavy (non-hydrogen) atoms. The van der Waals surface area contributed by atoms with Crippen LogP contribution in [0.3, 0.4) is 0 Å². The predicted molar refractivity (Wildman–Crippen MR) is 72.3 cm³/mol. The fourth-order valence-corrected chi connectivity index (χ4v) is 1.57. The van der Waals surface area contributed by atoms with Crippen molar-refractivity contribution in [2.75, 3.05) is 26.7 Å². The zero-order chi connectivity index (χ0) is 14.3. The molecule has 1 rings (SSSR count). The average molecular weight is 264 g/mol. The van der Waals surface area contributed by atoms with Crippen molar-refractivity contribution >= 4 is 11.8 Å². The summed E-state index contributed by atoms with van der Waals surface area (Å²) in [7, 11) is 1.73. The molecule has 6 nitrogen and oxygen atoms in total. The minimum atomic E-state index is -0.223. The maximum absolute atomic E-state index is 12.0. The van der Waals surface area contributed by atoms with Crippen molar-refractivity contribution in [2.24, 2.45) is 0 Å². The number of amides is 2. The van der Waals surface area contributed by atoms with Crippen LogP contribution >= 0.6 is 0 Å². The van der Waals surface area contributed by atoms with Crippen LogP contribution in [-0.2, 0) is 16.1 Å². The van der Waals surface area contributed by atoms with Gasteiger partial charge in [0.1, 0.15) is 0 Å².